The van der Waals surface area contributed by atoms with E-state index < -0.39 is 0 Å². The summed E-state index contributed by atoms with van der Waals surface area (Å²) in [6.45, 7) is 2.12. The van der Waals surface area contributed by atoms with Crippen molar-refractivity contribution in [3.8, 4) is 0 Å². The van der Waals surface area contributed by atoms with Crippen LogP contribution in [0.1, 0.15) is 38.5 Å². The molecule has 0 aromatic carbocycles. The summed E-state index contributed by atoms with van der Waals surface area (Å²) < 4.78 is 5.82. The highest BCUT2D eigenvalue weighted by atomic mass is 16.5. The molecule has 2 fully saturated rings. The van der Waals surface area contributed by atoms with Crippen molar-refractivity contribution in [3.63, 3.8) is 0 Å². The molecule has 0 amide bonds. The molecule has 2 rings (SSSR count). The predicted octanol–water partition coefficient (Wildman–Crippen LogP) is 1.70. The first kappa shape index (κ1) is 8.52. The lowest BCUT2D eigenvalue weighted by Gasteiger charge is -2.22. The van der Waals surface area contributed by atoms with E-state index in [9.17, 15) is 0 Å². The minimum absolute atomic E-state index is 0.523. The standard InChI is InChI=1S/C10H19NO/c1-2-5-9-10(6-3-1)12-8-4-7-11-9/h9-11H,1-8H2. The molecule has 0 bridgehead atoms. The molecule has 1 saturated carbocycles. The first-order valence-corrected chi connectivity index (χ1v) is 5.32. The quantitative estimate of drug-likeness (QED) is 0.596. The number of nitrogens with one attached hydrogen (secondary N) is 1. The average molecular weight is 169 g/mol. The van der Waals surface area contributed by atoms with Crippen LogP contribution in [0.4, 0.5) is 0 Å². The highest BCUT2D eigenvalue weighted by Gasteiger charge is 2.25. The van der Waals surface area contributed by atoms with Crippen LogP contribution in [0.5, 0.6) is 0 Å². The Kier molecular flexibility index (Phi) is 3.01. The van der Waals surface area contributed by atoms with Gasteiger partial charge in [-0.2, -0.15) is 0 Å². The van der Waals surface area contributed by atoms with Gasteiger partial charge in [0.05, 0.1) is 6.10 Å². The lowest BCUT2D eigenvalue weighted by Crippen LogP contribution is -2.38. The molecular formula is C10H19NO. The lowest BCUT2D eigenvalue weighted by atomic mass is 10.1. The van der Waals surface area contributed by atoms with Crippen LogP contribution in [0.25, 0.3) is 0 Å². The van der Waals surface area contributed by atoms with E-state index in [0.29, 0.717) is 12.1 Å². The Labute approximate surface area is 74.7 Å². The zero-order chi connectivity index (χ0) is 8.23. The van der Waals surface area contributed by atoms with Gasteiger partial charge in [-0.05, 0) is 25.8 Å². The van der Waals surface area contributed by atoms with Crippen LogP contribution >= 0.6 is 0 Å². The van der Waals surface area contributed by atoms with Crippen molar-refractivity contribution in [1.82, 2.24) is 5.32 Å². The fourth-order valence-electron chi connectivity index (χ4n) is 2.30. The van der Waals surface area contributed by atoms with Crippen LogP contribution in [0.3, 0.4) is 0 Å². The van der Waals surface area contributed by atoms with E-state index in [-0.39, 0.29) is 0 Å². The van der Waals surface area contributed by atoms with Crippen molar-refractivity contribution in [3.05, 3.63) is 0 Å². The third-order valence-electron chi connectivity index (χ3n) is 3.01. The molecule has 2 aliphatic rings. The van der Waals surface area contributed by atoms with Gasteiger partial charge in [-0.15, -0.1) is 0 Å². The summed E-state index contributed by atoms with van der Waals surface area (Å²) in [5.41, 5.74) is 0. The monoisotopic (exact) mass is 169 g/mol. The van der Waals surface area contributed by atoms with Gasteiger partial charge in [0.15, 0.2) is 0 Å². The van der Waals surface area contributed by atoms with Crippen LogP contribution in [0.15, 0.2) is 0 Å². The van der Waals surface area contributed by atoms with E-state index in [2.05, 4.69) is 5.32 Å². The number of ether oxygens (including phenoxy) is 1. The number of fused-ring (bicyclic) bond motifs is 1. The van der Waals surface area contributed by atoms with Crippen molar-refractivity contribution < 1.29 is 4.74 Å². The smallest absolute Gasteiger partial charge is 0.0728 e. The van der Waals surface area contributed by atoms with Crippen molar-refractivity contribution in [2.24, 2.45) is 0 Å². The molecule has 2 heteroatoms. The molecule has 0 spiro atoms. The Balaban J connectivity index is 1.94. The summed E-state index contributed by atoms with van der Waals surface area (Å²) in [5.74, 6) is 0. The fourth-order valence-corrected chi connectivity index (χ4v) is 2.30. The Morgan fingerprint density at radius 2 is 1.92 bits per heavy atom. The van der Waals surface area contributed by atoms with Crippen molar-refractivity contribution in [1.29, 1.82) is 0 Å². The minimum atomic E-state index is 0.523. The Hall–Kier alpha value is -0.0800. The van der Waals surface area contributed by atoms with Gasteiger partial charge in [-0.1, -0.05) is 19.3 Å². The van der Waals surface area contributed by atoms with Crippen LogP contribution in [-0.4, -0.2) is 25.3 Å². The van der Waals surface area contributed by atoms with Crippen molar-refractivity contribution in [2.45, 2.75) is 50.7 Å². The zero-order valence-electron chi connectivity index (χ0n) is 7.72. The second kappa shape index (κ2) is 4.24. The largest absolute Gasteiger partial charge is 0.377 e. The van der Waals surface area contributed by atoms with Gasteiger partial charge in [-0.3, -0.25) is 0 Å². The van der Waals surface area contributed by atoms with E-state index >= 15 is 0 Å². The molecule has 70 valence electrons. The van der Waals surface area contributed by atoms with Gasteiger partial charge in [0.1, 0.15) is 0 Å². The maximum absolute atomic E-state index is 5.82. The molecule has 1 saturated heterocycles. The van der Waals surface area contributed by atoms with E-state index in [4.69, 9.17) is 4.74 Å². The molecule has 2 atom stereocenters. The molecule has 0 aromatic rings. The Morgan fingerprint density at radius 3 is 2.92 bits per heavy atom. The van der Waals surface area contributed by atoms with Gasteiger partial charge in [0.25, 0.3) is 0 Å². The maximum atomic E-state index is 5.82. The van der Waals surface area contributed by atoms with E-state index in [0.717, 1.165) is 13.2 Å². The van der Waals surface area contributed by atoms with Gasteiger partial charge in [0, 0.05) is 12.6 Å². The zero-order valence-corrected chi connectivity index (χ0v) is 7.72. The normalized spacial score (nSPS) is 38.0. The predicted molar refractivity (Wildman–Crippen MR) is 49.2 cm³/mol. The highest BCUT2D eigenvalue weighted by molar-refractivity contribution is 4.81. The summed E-state index contributed by atoms with van der Waals surface area (Å²) in [4.78, 5) is 0. The molecule has 1 aliphatic heterocycles. The Morgan fingerprint density at radius 1 is 1.00 bits per heavy atom. The summed E-state index contributed by atoms with van der Waals surface area (Å²) in [5, 5.41) is 3.60. The van der Waals surface area contributed by atoms with Crippen molar-refractivity contribution in [2.75, 3.05) is 13.2 Å². The molecular weight excluding hydrogens is 150 g/mol. The summed E-state index contributed by atoms with van der Waals surface area (Å²) >= 11 is 0. The summed E-state index contributed by atoms with van der Waals surface area (Å²) in [7, 11) is 0. The van der Waals surface area contributed by atoms with Gasteiger partial charge < -0.3 is 10.1 Å². The fraction of sp³-hybridized carbons (Fsp3) is 1.00. The third-order valence-corrected chi connectivity index (χ3v) is 3.01. The van der Waals surface area contributed by atoms with Crippen LogP contribution in [0.2, 0.25) is 0 Å². The first-order chi connectivity index (χ1) is 5.97. The SMILES string of the molecule is C1CCC2NCCCOC2CC1. The number of hydrogen-bond acceptors (Lipinski definition) is 2. The van der Waals surface area contributed by atoms with E-state index in [1.807, 2.05) is 0 Å². The molecule has 1 aliphatic carbocycles. The average Bonchev–Trinajstić information content (AvgIpc) is 2.38. The molecule has 1 heterocycles. The van der Waals surface area contributed by atoms with Gasteiger partial charge >= 0.3 is 0 Å². The third kappa shape index (κ3) is 1.99. The maximum Gasteiger partial charge on any atom is 0.0728 e. The topological polar surface area (TPSA) is 21.3 Å². The summed E-state index contributed by atoms with van der Waals surface area (Å²) in [6, 6.07) is 0.662. The molecule has 12 heavy (non-hydrogen) atoms. The molecule has 1 N–H and O–H groups in total. The molecule has 0 radical (unpaired) electrons. The van der Waals surface area contributed by atoms with Crippen LogP contribution < -0.4 is 5.32 Å². The Bertz CT molecular complexity index is 110. The van der Waals surface area contributed by atoms with Gasteiger partial charge in [0.2, 0.25) is 0 Å². The molecule has 0 aromatic heterocycles. The van der Waals surface area contributed by atoms with E-state index in [1.54, 1.807) is 0 Å². The number of hydrogen-bond donors (Lipinski definition) is 1. The van der Waals surface area contributed by atoms with E-state index in [1.165, 1.54) is 38.5 Å². The second-order valence-electron chi connectivity index (χ2n) is 3.96. The molecule has 2 unspecified atom stereocenters. The van der Waals surface area contributed by atoms with Crippen molar-refractivity contribution >= 4 is 0 Å². The van der Waals surface area contributed by atoms with Crippen LogP contribution in [0, 0.1) is 0 Å². The highest BCUT2D eigenvalue weighted by Crippen LogP contribution is 2.21. The minimum Gasteiger partial charge on any atom is -0.377 e. The van der Waals surface area contributed by atoms with Gasteiger partial charge in [-0.25, -0.2) is 0 Å². The second-order valence-corrected chi connectivity index (χ2v) is 3.96. The summed E-state index contributed by atoms with van der Waals surface area (Å²) in [6.07, 6.45) is 8.46. The lowest BCUT2D eigenvalue weighted by molar-refractivity contribution is 0.0386. The number of rotatable bonds is 0. The first-order valence-electron chi connectivity index (χ1n) is 5.32. The van der Waals surface area contributed by atoms with Crippen LogP contribution in [-0.2, 0) is 4.74 Å². The molecule has 2 nitrogen and oxygen atoms in total.